The number of amides is 1. The van der Waals surface area contributed by atoms with Gasteiger partial charge in [0.2, 0.25) is 10.0 Å². The number of hydrogen-bond acceptors (Lipinski definition) is 7. The van der Waals surface area contributed by atoms with Crippen molar-refractivity contribution in [2.75, 3.05) is 24.7 Å². The average Bonchev–Trinajstić information content (AvgIpc) is 3.15. The van der Waals surface area contributed by atoms with Gasteiger partial charge in [-0.1, -0.05) is 18.2 Å². The van der Waals surface area contributed by atoms with E-state index < -0.39 is 40.4 Å². The van der Waals surface area contributed by atoms with Crippen LogP contribution in [0.25, 0.3) is 5.57 Å². The van der Waals surface area contributed by atoms with Crippen molar-refractivity contribution in [3.05, 3.63) is 65.5 Å². The fourth-order valence-corrected chi connectivity index (χ4v) is 5.59. The number of ether oxygens (including phenoxy) is 1. The highest BCUT2D eigenvalue weighted by Crippen LogP contribution is 2.38. The summed E-state index contributed by atoms with van der Waals surface area (Å²) in [5, 5.41) is 18.4. The van der Waals surface area contributed by atoms with Crippen LogP contribution in [0.2, 0.25) is 0 Å². The number of hydrogen-bond donors (Lipinski definition) is 0. The van der Waals surface area contributed by atoms with E-state index in [-0.39, 0.29) is 42.0 Å². The molecule has 0 saturated carbocycles. The van der Waals surface area contributed by atoms with Gasteiger partial charge in [-0.25, -0.2) is 12.8 Å². The summed E-state index contributed by atoms with van der Waals surface area (Å²) >= 11 is 0. The first-order valence-electron chi connectivity index (χ1n) is 10.7. The molecule has 9 nitrogen and oxygen atoms in total. The Morgan fingerprint density at radius 1 is 1.06 bits per heavy atom. The van der Waals surface area contributed by atoms with E-state index in [4.69, 9.17) is 4.74 Å². The summed E-state index contributed by atoms with van der Waals surface area (Å²) in [6, 6.07) is 14.6. The van der Waals surface area contributed by atoms with Gasteiger partial charge >= 0.3 is 5.97 Å². The van der Waals surface area contributed by atoms with Gasteiger partial charge in [-0.2, -0.15) is 14.8 Å². The number of piperidine rings is 1. The quantitative estimate of drug-likeness (QED) is 0.355. The van der Waals surface area contributed by atoms with E-state index >= 15 is 0 Å². The van der Waals surface area contributed by atoms with Crippen LogP contribution in [0, 0.1) is 34.4 Å². The highest BCUT2D eigenvalue weighted by Gasteiger charge is 2.37. The first kappa shape index (κ1) is 24.1. The minimum atomic E-state index is -3.81. The van der Waals surface area contributed by atoms with Crippen LogP contribution in [0.3, 0.4) is 0 Å². The van der Waals surface area contributed by atoms with Crippen LogP contribution in [0.1, 0.15) is 18.4 Å². The third-order valence-electron chi connectivity index (χ3n) is 5.97. The Labute approximate surface area is 201 Å². The summed E-state index contributed by atoms with van der Waals surface area (Å²) in [4.78, 5) is 26.7. The first-order chi connectivity index (χ1) is 16.8. The molecule has 0 aromatic heterocycles. The number of rotatable bonds is 5. The van der Waals surface area contributed by atoms with Gasteiger partial charge in [0.1, 0.15) is 23.5 Å². The molecule has 0 unspecified atom stereocenters. The molecule has 0 atom stereocenters. The van der Waals surface area contributed by atoms with Gasteiger partial charge < -0.3 is 4.74 Å². The van der Waals surface area contributed by atoms with Crippen LogP contribution < -0.4 is 4.90 Å². The molecular formula is C24H19FN4O5S. The van der Waals surface area contributed by atoms with Crippen LogP contribution in [-0.2, 0) is 24.3 Å². The third-order valence-corrected chi connectivity index (χ3v) is 7.88. The Morgan fingerprint density at radius 2 is 1.69 bits per heavy atom. The molecule has 2 aliphatic rings. The number of halogens is 1. The van der Waals surface area contributed by atoms with Crippen molar-refractivity contribution in [2.45, 2.75) is 17.7 Å². The zero-order valence-corrected chi connectivity index (χ0v) is 19.2. The molecule has 2 aromatic rings. The minimum absolute atomic E-state index is 0.0240. The van der Waals surface area contributed by atoms with E-state index in [1.807, 2.05) is 0 Å². The Bertz CT molecular complexity index is 1380. The number of para-hydroxylation sites is 1. The molecule has 2 aromatic carbocycles. The maximum absolute atomic E-state index is 13.1. The lowest BCUT2D eigenvalue weighted by molar-refractivity contribution is -0.150. The minimum Gasteiger partial charge on any atom is -0.444 e. The molecule has 1 amide bonds. The van der Waals surface area contributed by atoms with E-state index in [1.54, 1.807) is 36.4 Å². The summed E-state index contributed by atoms with van der Waals surface area (Å²) in [5.41, 5.74) is 0.460. The summed E-state index contributed by atoms with van der Waals surface area (Å²) in [7, 11) is -3.81. The maximum atomic E-state index is 13.1. The molecule has 0 aliphatic carbocycles. The number of nitrogens with zero attached hydrogens (tertiary/aromatic N) is 4. The van der Waals surface area contributed by atoms with E-state index in [0.717, 1.165) is 12.1 Å². The number of benzene rings is 2. The van der Waals surface area contributed by atoms with Gasteiger partial charge in [0, 0.05) is 18.7 Å². The molecule has 1 fully saturated rings. The fourth-order valence-electron chi connectivity index (χ4n) is 4.12. The smallest absolute Gasteiger partial charge is 0.310 e. The highest BCUT2D eigenvalue weighted by atomic mass is 32.2. The zero-order chi connectivity index (χ0) is 25.2. The first-order valence-corrected chi connectivity index (χ1v) is 12.1. The summed E-state index contributed by atoms with van der Waals surface area (Å²) in [6.07, 6.45) is 0.448. The molecule has 2 heterocycles. The fraction of sp³-hybridized carbons (Fsp3) is 0.250. The van der Waals surface area contributed by atoms with Gasteiger partial charge in [0.25, 0.3) is 5.91 Å². The third kappa shape index (κ3) is 4.52. The molecule has 4 rings (SSSR count). The molecule has 0 spiro atoms. The zero-order valence-electron chi connectivity index (χ0n) is 18.3. The molecule has 2 aliphatic heterocycles. The molecule has 35 heavy (non-hydrogen) atoms. The number of fused-ring (bicyclic) bond motifs is 1. The van der Waals surface area contributed by atoms with Crippen molar-refractivity contribution in [2.24, 2.45) is 5.92 Å². The molecule has 11 heteroatoms. The predicted octanol–water partition coefficient (Wildman–Crippen LogP) is 2.57. The van der Waals surface area contributed by atoms with Crippen molar-refractivity contribution < 1.29 is 27.1 Å². The van der Waals surface area contributed by atoms with Crippen LogP contribution in [0.5, 0.6) is 0 Å². The largest absolute Gasteiger partial charge is 0.444 e. The van der Waals surface area contributed by atoms with Crippen LogP contribution in [0.4, 0.5) is 10.1 Å². The molecule has 178 valence electrons. The Morgan fingerprint density at radius 3 is 2.31 bits per heavy atom. The SMILES string of the molecule is N#CC(C#N)=C1C(=O)N(COC(=O)C2CCN(S(=O)(=O)c3ccc(F)cc3)CC2)c2ccccc21. The van der Waals surface area contributed by atoms with Crippen molar-refractivity contribution in [1.29, 1.82) is 10.5 Å². The Balaban J connectivity index is 1.40. The lowest BCUT2D eigenvalue weighted by Crippen LogP contribution is -2.41. The molecule has 0 radical (unpaired) electrons. The number of esters is 1. The second-order valence-corrected chi connectivity index (χ2v) is 9.89. The molecular weight excluding hydrogens is 475 g/mol. The van der Waals surface area contributed by atoms with E-state index in [9.17, 15) is 32.9 Å². The number of anilines is 1. The summed E-state index contributed by atoms with van der Waals surface area (Å²) in [5.74, 6) is -2.29. The predicted molar refractivity (Wildman–Crippen MR) is 121 cm³/mol. The van der Waals surface area contributed by atoms with Gasteiger partial charge in [0.05, 0.1) is 22.1 Å². The van der Waals surface area contributed by atoms with Gasteiger partial charge in [-0.15, -0.1) is 0 Å². The monoisotopic (exact) mass is 494 g/mol. The maximum Gasteiger partial charge on any atom is 0.310 e. The molecule has 1 saturated heterocycles. The van der Waals surface area contributed by atoms with E-state index in [0.29, 0.717) is 11.3 Å². The number of allylic oxidation sites excluding steroid dienone is 1. The van der Waals surface area contributed by atoms with Gasteiger partial charge in [-0.05, 0) is 43.2 Å². The van der Waals surface area contributed by atoms with Gasteiger partial charge in [0.15, 0.2) is 6.73 Å². The van der Waals surface area contributed by atoms with E-state index in [1.165, 1.54) is 21.3 Å². The second kappa shape index (κ2) is 9.66. The second-order valence-electron chi connectivity index (χ2n) is 7.95. The lowest BCUT2D eigenvalue weighted by Gasteiger charge is -2.30. The molecule has 0 bridgehead atoms. The molecule has 0 N–H and O–H groups in total. The highest BCUT2D eigenvalue weighted by molar-refractivity contribution is 7.89. The van der Waals surface area contributed by atoms with Crippen molar-refractivity contribution in [3.63, 3.8) is 0 Å². The Hall–Kier alpha value is -4.06. The van der Waals surface area contributed by atoms with Crippen LogP contribution in [0.15, 0.2) is 59.0 Å². The Kier molecular flexibility index (Phi) is 6.65. The van der Waals surface area contributed by atoms with Gasteiger partial charge in [-0.3, -0.25) is 14.5 Å². The number of carbonyl (C=O) groups excluding carboxylic acids is 2. The van der Waals surface area contributed by atoms with Crippen LogP contribution in [-0.4, -0.2) is 44.4 Å². The average molecular weight is 495 g/mol. The number of carbonyl (C=O) groups is 2. The normalized spacial score (nSPS) is 16.4. The van der Waals surface area contributed by atoms with Crippen molar-refractivity contribution >= 4 is 33.2 Å². The lowest BCUT2D eigenvalue weighted by atomic mass is 9.98. The van der Waals surface area contributed by atoms with E-state index in [2.05, 4.69) is 0 Å². The summed E-state index contributed by atoms with van der Waals surface area (Å²) < 4.78 is 45.3. The number of nitriles is 2. The van der Waals surface area contributed by atoms with Crippen molar-refractivity contribution in [3.8, 4) is 12.1 Å². The summed E-state index contributed by atoms with van der Waals surface area (Å²) in [6.45, 7) is -0.229. The number of sulfonamides is 1. The van der Waals surface area contributed by atoms with Crippen LogP contribution >= 0.6 is 0 Å². The standard InChI is InChI=1S/C24H19FN4O5S/c25-18-5-7-19(8-6-18)35(32,33)28-11-9-16(10-12-28)24(31)34-15-29-21-4-2-1-3-20(21)22(23(29)30)17(13-26)14-27/h1-8,16H,9-12,15H2. The topological polar surface area (TPSA) is 132 Å². The van der Waals surface area contributed by atoms with Crippen molar-refractivity contribution in [1.82, 2.24) is 4.31 Å².